The lowest BCUT2D eigenvalue weighted by Crippen LogP contribution is -2.41. The molecule has 1 aliphatic heterocycles. The number of hydrogen-bond donors (Lipinski definition) is 0. The van der Waals surface area contributed by atoms with Gasteiger partial charge in [-0.15, -0.1) is 0 Å². The first-order valence-electron chi connectivity index (χ1n) is 12.5. The van der Waals surface area contributed by atoms with E-state index >= 15 is 0 Å². The van der Waals surface area contributed by atoms with Gasteiger partial charge in [-0.05, 0) is 83.6 Å². The second-order valence-electron chi connectivity index (χ2n) is 11.5. The monoisotopic (exact) mass is 591 g/mol. The second kappa shape index (κ2) is 10.3. The fourth-order valence-electron chi connectivity index (χ4n) is 4.31. The number of ether oxygens (including phenoxy) is 1. The molecule has 1 heterocycles. The number of halogens is 2. The Kier molecular flexibility index (Phi) is 7.82. The van der Waals surface area contributed by atoms with Gasteiger partial charge in [0, 0.05) is 15.4 Å². The van der Waals surface area contributed by atoms with Crippen LogP contribution in [0.3, 0.4) is 0 Å². The van der Waals surface area contributed by atoms with Crippen molar-refractivity contribution in [1.29, 1.82) is 0 Å². The molecule has 0 spiro atoms. The summed E-state index contributed by atoms with van der Waals surface area (Å²) in [7, 11) is -4.98. The van der Waals surface area contributed by atoms with Crippen LogP contribution in [-0.4, -0.2) is 44.9 Å². The molecule has 0 bridgehead atoms. The van der Waals surface area contributed by atoms with E-state index in [1.807, 2.05) is 39.8 Å². The molecular weight excluding hydrogens is 560 g/mol. The number of nitrogens with zero attached hydrogens (tertiary/aromatic N) is 1. The van der Waals surface area contributed by atoms with Crippen LogP contribution >= 0.6 is 23.2 Å². The smallest absolute Gasteiger partial charge is 0.459 e. The summed E-state index contributed by atoms with van der Waals surface area (Å²) in [5.41, 5.74) is -0.902. The summed E-state index contributed by atoms with van der Waals surface area (Å²) in [4.78, 5) is 12.8. The van der Waals surface area contributed by atoms with Crippen LogP contribution in [-0.2, 0) is 28.9 Å². The van der Waals surface area contributed by atoms with Crippen LogP contribution < -0.4 is 9.77 Å². The van der Waals surface area contributed by atoms with Crippen molar-refractivity contribution in [3.63, 3.8) is 0 Å². The van der Waals surface area contributed by atoms with Gasteiger partial charge in [0.15, 0.2) is 0 Å². The summed E-state index contributed by atoms with van der Waals surface area (Å²) in [6.07, 6.45) is 0. The minimum Gasteiger partial charge on any atom is -0.459 e. The molecule has 11 heteroatoms. The highest BCUT2D eigenvalue weighted by Gasteiger charge is 2.52. The third kappa shape index (κ3) is 6.08. The van der Waals surface area contributed by atoms with Crippen molar-refractivity contribution in [2.45, 2.75) is 70.2 Å². The highest BCUT2D eigenvalue weighted by atomic mass is 35.5. The fourth-order valence-corrected chi connectivity index (χ4v) is 6.46. The van der Waals surface area contributed by atoms with Crippen LogP contribution in [0.5, 0.6) is 0 Å². The zero-order chi connectivity index (χ0) is 29.0. The van der Waals surface area contributed by atoms with Gasteiger partial charge in [-0.25, -0.2) is 8.42 Å². The molecule has 3 aromatic rings. The number of carbonyl (C=O) groups is 1. The molecule has 0 saturated carbocycles. The number of carbonyl (C=O) groups excluding carboxylic acids is 1. The Hall–Kier alpha value is -2.30. The second-order valence-corrected chi connectivity index (χ2v) is 14.2. The number of benzene rings is 3. The zero-order valence-electron chi connectivity index (χ0n) is 23.0. The maximum Gasteiger partial charge on any atom is 0.495 e. The number of rotatable bonds is 6. The number of sulfonamides is 1. The van der Waals surface area contributed by atoms with E-state index in [9.17, 15) is 13.2 Å². The van der Waals surface area contributed by atoms with Crippen molar-refractivity contribution in [3.8, 4) is 0 Å². The summed E-state index contributed by atoms with van der Waals surface area (Å²) in [5.74, 6) is -0.710. The molecule has 1 saturated heterocycles. The van der Waals surface area contributed by atoms with Crippen molar-refractivity contribution in [1.82, 2.24) is 0 Å². The highest BCUT2D eigenvalue weighted by molar-refractivity contribution is 7.93. The SMILES string of the molecule is CC(C)(C)OC(=O)CN(c1cccc2c(B3OC(C)(C)C(C)(C)O3)cccc12)S(=O)(=O)c1cc(Cl)cc(Cl)c1. The van der Waals surface area contributed by atoms with Gasteiger partial charge in [0.05, 0.1) is 21.8 Å². The van der Waals surface area contributed by atoms with Gasteiger partial charge in [0.25, 0.3) is 10.0 Å². The first-order valence-corrected chi connectivity index (χ1v) is 14.7. The minimum atomic E-state index is -4.31. The molecule has 39 heavy (non-hydrogen) atoms. The Morgan fingerprint density at radius 2 is 1.46 bits per heavy atom. The van der Waals surface area contributed by atoms with Gasteiger partial charge < -0.3 is 14.0 Å². The Balaban J connectivity index is 1.88. The Labute approximate surface area is 240 Å². The summed E-state index contributed by atoms with van der Waals surface area (Å²) in [6.45, 7) is 12.5. The molecule has 0 aromatic heterocycles. The van der Waals surface area contributed by atoms with Crippen molar-refractivity contribution in [2.75, 3.05) is 10.8 Å². The molecule has 0 unspecified atom stereocenters. The van der Waals surface area contributed by atoms with E-state index in [1.165, 1.54) is 18.2 Å². The van der Waals surface area contributed by atoms with Crippen molar-refractivity contribution in [2.24, 2.45) is 0 Å². The maximum atomic E-state index is 14.0. The zero-order valence-corrected chi connectivity index (χ0v) is 25.4. The predicted octanol–water partition coefficient (Wildman–Crippen LogP) is 5.98. The lowest BCUT2D eigenvalue weighted by molar-refractivity contribution is -0.152. The van der Waals surface area contributed by atoms with Crippen LogP contribution in [0.2, 0.25) is 10.0 Å². The average molecular weight is 592 g/mol. The van der Waals surface area contributed by atoms with Crippen LogP contribution in [0.15, 0.2) is 59.5 Å². The third-order valence-corrected chi connectivity index (χ3v) is 9.00. The van der Waals surface area contributed by atoms with Crippen molar-refractivity contribution in [3.05, 3.63) is 64.6 Å². The van der Waals surface area contributed by atoms with E-state index in [1.54, 1.807) is 45.0 Å². The summed E-state index contributed by atoms with van der Waals surface area (Å²) < 4.78 is 47.2. The van der Waals surface area contributed by atoms with E-state index in [0.29, 0.717) is 5.39 Å². The van der Waals surface area contributed by atoms with E-state index in [-0.39, 0.29) is 20.6 Å². The van der Waals surface area contributed by atoms with Gasteiger partial charge in [-0.3, -0.25) is 9.10 Å². The van der Waals surface area contributed by atoms with Crippen LogP contribution in [0.4, 0.5) is 5.69 Å². The molecule has 0 N–H and O–H groups in total. The van der Waals surface area contributed by atoms with Gasteiger partial charge in [-0.2, -0.15) is 0 Å². The molecule has 208 valence electrons. The van der Waals surface area contributed by atoms with Crippen molar-refractivity contribution < 1.29 is 27.3 Å². The predicted molar refractivity (Wildman–Crippen MR) is 157 cm³/mol. The molecule has 0 amide bonds. The Morgan fingerprint density at radius 1 is 0.923 bits per heavy atom. The standard InChI is InChI=1S/C28H32BCl2NO6S/c1-26(2,3)36-25(33)17-32(39(34,35)20-15-18(30)14-19(31)16-20)24-13-9-10-21-22(24)11-8-12-23(21)29-37-27(4,5)28(6,7)38-29/h8-16H,17H2,1-7H3. The summed E-state index contributed by atoms with van der Waals surface area (Å²) in [6, 6.07) is 14.8. The average Bonchev–Trinajstić information content (AvgIpc) is 3.01. The van der Waals surface area contributed by atoms with Crippen LogP contribution in [0.25, 0.3) is 10.8 Å². The minimum absolute atomic E-state index is 0.150. The Bertz CT molecular complexity index is 1500. The number of fused-ring (bicyclic) bond motifs is 1. The molecule has 0 atom stereocenters. The molecule has 7 nitrogen and oxygen atoms in total. The third-order valence-electron chi connectivity index (χ3n) is 6.83. The molecule has 0 radical (unpaired) electrons. The molecule has 3 aromatic carbocycles. The maximum absolute atomic E-state index is 14.0. The van der Waals surface area contributed by atoms with E-state index < -0.39 is 46.5 Å². The molecule has 4 rings (SSSR count). The molecule has 1 fully saturated rings. The quantitative estimate of drug-likeness (QED) is 0.259. The van der Waals surface area contributed by atoms with E-state index in [0.717, 1.165) is 15.2 Å². The molecule has 0 aliphatic carbocycles. The van der Waals surface area contributed by atoms with E-state index in [4.69, 9.17) is 37.2 Å². The fraction of sp³-hybridized carbons (Fsp3) is 0.393. The van der Waals surface area contributed by atoms with Gasteiger partial charge in [-0.1, -0.05) is 53.5 Å². The largest absolute Gasteiger partial charge is 0.495 e. The lowest BCUT2D eigenvalue weighted by atomic mass is 9.76. The van der Waals surface area contributed by atoms with E-state index in [2.05, 4.69) is 0 Å². The van der Waals surface area contributed by atoms with Crippen LogP contribution in [0, 0.1) is 0 Å². The number of esters is 1. The lowest BCUT2D eigenvalue weighted by Gasteiger charge is -2.32. The summed E-state index contributed by atoms with van der Waals surface area (Å²) in [5, 5.41) is 1.62. The molecule has 1 aliphatic rings. The van der Waals surface area contributed by atoms with Crippen molar-refractivity contribution >= 4 is 68.2 Å². The first kappa shape index (κ1) is 29.7. The van der Waals surface area contributed by atoms with Gasteiger partial charge in [0.1, 0.15) is 12.1 Å². The molecular formula is C28H32BCl2NO6S. The summed E-state index contributed by atoms with van der Waals surface area (Å²) >= 11 is 12.3. The number of hydrogen-bond acceptors (Lipinski definition) is 6. The topological polar surface area (TPSA) is 82.1 Å². The Morgan fingerprint density at radius 3 is 2.03 bits per heavy atom. The van der Waals surface area contributed by atoms with Crippen LogP contribution in [0.1, 0.15) is 48.5 Å². The first-order chi connectivity index (χ1) is 17.9. The highest BCUT2D eigenvalue weighted by Crippen LogP contribution is 2.38. The number of anilines is 1. The van der Waals surface area contributed by atoms with Gasteiger partial charge in [0.2, 0.25) is 0 Å². The normalized spacial score (nSPS) is 16.9. The van der Waals surface area contributed by atoms with Gasteiger partial charge >= 0.3 is 13.1 Å².